The minimum absolute atomic E-state index is 0.554. The van der Waals surface area contributed by atoms with E-state index in [9.17, 15) is 4.21 Å². The molecule has 1 aromatic rings. The Labute approximate surface area is 78.2 Å². The summed E-state index contributed by atoms with van der Waals surface area (Å²) >= 11 is 5.69. The van der Waals surface area contributed by atoms with Crippen molar-refractivity contribution in [3.8, 4) is 0 Å². The summed E-state index contributed by atoms with van der Waals surface area (Å²) in [5, 5.41) is 0.554. The van der Waals surface area contributed by atoms with E-state index in [1.807, 2.05) is 0 Å². The molecule has 0 bridgehead atoms. The normalized spacial score (nSPS) is 12.8. The molecule has 0 aliphatic heterocycles. The molecule has 0 spiro atoms. The lowest BCUT2D eigenvalue weighted by Crippen LogP contribution is -2.15. The van der Waals surface area contributed by atoms with E-state index in [1.54, 1.807) is 24.3 Å². The number of hydrogen-bond acceptors (Lipinski definition) is 2. The maximum Gasteiger partial charge on any atom is 0.148 e. The zero-order valence-electron chi connectivity index (χ0n) is 6.41. The van der Waals surface area contributed by atoms with Crippen molar-refractivity contribution >= 4 is 22.6 Å². The summed E-state index contributed by atoms with van der Waals surface area (Å²) in [5.74, 6) is 0. The molecule has 0 radical (unpaired) electrons. The predicted molar refractivity (Wildman–Crippen MR) is 48.0 cm³/mol. The Hall–Kier alpha value is -0.420. The molecule has 5 heteroatoms. The summed E-state index contributed by atoms with van der Waals surface area (Å²) in [7, 11) is 0.0548. The van der Waals surface area contributed by atoms with Crippen LogP contribution in [0.5, 0.6) is 0 Å². The van der Waals surface area contributed by atoms with Crippen molar-refractivity contribution in [2.45, 2.75) is 4.90 Å². The van der Waals surface area contributed by atoms with Crippen molar-refractivity contribution in [1.29, 1.82) is 0 Å². The standard InChI is InChI=1S/C7H8ClNO2S/c1-11-9-12(10)7-4-2-3-6(8)5-7/h2-5,9H,1H3. The number of rotatable bonds is 3. The van der Waals surface area contributed by atoms with Gasteiger partial charge in [0.15, 0.2) is 0 Å². The van der Waals surface area contributed by atoms with Crippen LogP contribution in [0.2, 0.25) is 5.02 Å². The second-order valence-electron chi connectivity index (χ2n) is 2.01. The Morgan fingerprint density at radius 3 is 2.92 bits per heavy atom. The van der Waals surface area contributed by atoms with Gasteiger partial charge in [-0.25, -0.2) is 4.21 Å². The average molecular weight is 206 g/mol. The molecule has 0 amide bonds. The van der Waals surface area contributed by atoms with Crippen LogP contribution in [0.15, 0.2) is 29.2 Å². The first-order valence-corrected chi connectivity index (χ1v) is 4.73. The lowest BCUT2D eigenvalue weighted by Gasteiger charge is -2.01. The minimum atomic E-state index is -1.35. The average Bonchev–Trinajstić information content (AvgIpc) is 2.05. The van der Waals surface area contributed by atoms with Crippen LogP contribution in [0.4, 0.5) is 0 Å². The van der Waals surface area contributed by atoms with Gasteiger partial charge in [-0.1, -0.05) is 17.7 Å². The molecular formula is C7H8ClNO2S. The van der Waals surface area contributed by atoms with Crippen molar-refractivity contribution in [3.05, 3.63) is 29.3 Å². The van der Waals surface area contributed by atoms with E-state index < -0.39 is 11.0 Å². The molecule has 66 valence electrons. The first-order valence-electron chi connectivity index (χ1n) is 3.20. The molecule has 1 unspecified atom stereocenters. The Bertz CT molecular complexity index is 292. The van der Waals surface area contributed by atoms with Crippen molar-refractivity contribution in [3.63, 3.8) is 0 Å². The van der Waals surface area contributed by atoms with Crippen molar-refractivity contribution in [2.75, 3.05) is 7.11 Å². The summed E-state index contributed by atoms with van der Waals surface area (Å²) in [4.78, 5) is 7.39. The Morgan fingerprint density at radius 2 is 2.33 bits per heavy atom. The number of nitrogens with one attached hydrogen (secondary N) is 1. The van der Waals surface area contributed by atoms with E-state index in [4.69, 9.17) is 11.6 Å². The molecule has 0 aliphatic rings. The fourth-order valence-corrected chi connectivity index (χ4v) is 1.64. The van der Waals surface area contributed by atoms with Gasteiger partial charge in [0.05, 0.1) is 12.0 Å². The van der Waals surface area contributed by atoms with Crippen molar-refractivity contribution in [1.82, 2.24) is 4.89 Å². The quantitative estimate of drug-likeness (QED) is 0.760. The highest BCUT2D eigenvalue weighted by Crippen LogP contribution is 2.12. The Morgan fingerprint density at radius 1 is 1.58 bits per heavy atom. The number of halogens is 1. The van der Waals surface area contributed by atoms with Crippen LogP contribution < -0.4 is 4.89 Å². The fraction of sp³-hybridized carbons (Fsp3) is 0.143. The summed E-state index contributed by atoms with van der Waals surface area (Å²) in [6.45, 7) is 0. The van der Waals surface area contributed by atoms with Gasteiger partial charge in [-0.05, 0) is 18.2 Å². The Balaban J connectivity index is 2.81. The molecule has 0 heterocycles. The molecule has 0 saturated heterocycles. The smallest absolute Gasteiger partial charge is 0.148 e. The van der Waals surface area contributed by atoms with Gasteiger partial charge in [0.25, 0.3) is 0 Å². The maximum atomic E-state index is 11.2. The fourth-order valence-electron chi connectivity index (χ4n) is 0.706. The van der Waals surface area contributed by atoms with E-state index in [-0.39, 0.29) is 0 Å². The zero-order chi connectivity index (χ0) is 8.97. The van der Waals surface area contributed by atoms with E-state index >= 15 is 0 Å². The third-order valence-electron chi connectivity index (χ3n) is 1.17. The highest BCUT2D eigenvalue weighted by atomic mass is 35.5. The molecule has 0 aliphatic carbocycles. The highest BCUT2D eigenvalue weighted by Gasteiger charge is 2.01. The second kappa shape index (κ2) is 4.57. The summed E-state index contributed by atoms with van der Waals surface area (Å²) in [6, 6.07) is 6.76. The molecule has 3 nitrogen and oxygen atoms in total. The van der Waals surface area contributed by atoms with Crippen LogP contribution in [-0.4, -0.2) is 11.3 Å². The van der Waals surface area contributed by atoms with Gasteiger partial charge in [0.2, 0.25) is 0 Å². The molecule has 1 atom stereocenters. The maximum absolute atomic E-state index is 11.2. The molecule has 12 heavy (non-hydrogen) atoms. The molecule has 0 fully saturated rings. The lowest BCUT2D eigenvalue weighted by atomic mass is 10.4. The third kappa shape index (κ3) is 2.57. The van der Waals surface area contributed by atoms with Gasteiger partial charge < -0.3 is 0 Å². The molecular weight excluding hydrogens is 198 g/mol. The molecule has 0 aromatic heterocycles. The SMILES string of the molecule is CONS(=O)c1cccc(Cl)c1. The number of benzene rings is 1. The van der Waals surface area contributed by atoms with Crippen molar-refractivity contribution < 1.29 is 9.05 Å². The van der Waals surface area contributed by atoms with Gasteiger partial charge in [-0.3, -0.25) is 4.84 Å². The largest absolute Gasteiger partial charge is 0.292 e. The van der Waals surface area contributed by atoms with Crippen LogP contribution in [0, 0.1) is 0 Å². The Kier molecular flexibility index (Phi) is 3.68. The zero-order valence-corrected chi connectivity index (χ0v) is 7.98. The van der Waals surface area contributed by atoms with Gasteiger partial charge in [0.1, 0.15) is 11.0 Å². The van der Waals surface area contributed by atoms with Crippen molar-refractivity contribution in [2.24, 2.45) is 0 Å². The molecule has 1 aromatic carbocycles. The summed E-state index contributed by atoms with van der Waals surface area (Å²) < 4.78 is 11.2. The van der Waals surface area contributed by atoms with Crippen LogP contribution in [0.3, 0.4) is 0 Å². The van der Waals surface area contributed by atoms with E-state index in [1.165, 1.54) is 7.11 Å². The van der Waals surface area contributed by atoms with Gasteiger partial charge >= 0.3 is 0 Å². The lowest BCUT2D eigenvalue weighted by molar-refractivity contribution is 0.158. The highest BCUT2D eigenvalue weighted by molar-refractivity contribution is 7.82. The predicted octanol–water partition coefficient (Wildman–Crippen LogP) is 1.51. The van der Waals surface area contributed by atoms with Crippen LogP contribution in [0.25, 0.3) is 0 Å². The monoisotopic (exact) mass is 205 g/mol. The van der Waals surface area contributed by atoms with Gasteiger partial charge in [0, 0.05) is 5.02 Å². The molecule has 1 N–H and O–H groups in total. The summed E-state index contributed by atoms with van der Waals surface area (Å²) in [5.41, 5.74) is 0. The van der Waals surface area contributed by atoms with E-state index in [2.05, 4.69) is 9.72 Å². The third-order valence-corrected chi connectivity index (χ3v) is 2.40. The minimum Gasteiger partial charge on any atom is -0.292 e. The first kappa shape index (κ1) is 9.67. The van der Waals surface area contributed by atoms with Gasteiger partial charge in [-0.15, -0.1) is 4.89 Å². The summed E-state index contributed by atoms with van der Waals surface area (Å²) in [6.07, 6.45) is 0. The topological polar surface area (TPSA) is 38.3 Å². The van der Waals surface area contributed by atoms with Crippen LogP contribution >= 0.6 is 11.6 Å². The van der Waals surface area contributed by atoms with Gasteiger partial charge in [-0.2, -0.15) is 0 Å². The molecule has 0 saturated carbocycles. The second-order valence-corrected chi connectivity index (χ2v) is 3.63. The first-order chi connectivity index (χ1) is 5.74. The number of hydrogen-bond donors (Lipinski definition) is 1. The van der Waals surface area contributed by atoms with Crippen LogP contribution in [0.1, 0.15) is 0 Å². The van der Waals surface area contributed by atoms with E-state index in [0.29, 0.717) is 9.92 Å². The van der Waals surface area contributed by atoms with E-state index in [0.717, 1.165) is 0 Å². The van der Waals surface area contributed by atoms with Crippen LogP contribution in [-0.2, 0) is 15.8 Å². The molecule has 1 rings (SSSR count).